The first-order valence-electron chi connectivity index (χ1n) is 7.43. The molecule has 0 spiro atoms. The van der Waals surface area contributed by atoms with Crippen molar-refractivity contribution >= 4 is 5.96 Å². The molecule has 2 aromatic rings. The van der Waals surface area contributed by atoms with Crippen LogP contribution >= 0.6 is 0 Å². The molecular formula is C17H18F3N3O2. The van der Waals surface area contributed by atoms with Crippen LogP contribution in [0.15, 0.2) is 53.5 Å². The number of hydrogen-bond acceptors (Lipinski definition) is 3. The number of aliphatic imine (C=N–C) groups is 1. The molecule has 0 fully saturated rings. The summed E-state index contributed by atoms with van der Waals surface area (Å²) < 4.78 is 40.1. The van der Waals surface area contributed by atoms with E-state index >= 15 is 0 Å². The van der Waals surface area contributed by atoms with Gasteiger partial charge in [-0.3, -0.25) is 0 Å². The molecular weight excluding hydrogens is 335 g/mol. The summed E-state index contributed by atoms with van der Waals surface area (Å²) >= 11 is 0. The first-order chi connectivity index (χ1) is 11.9. The van der Waals surface area contributed by atoms with Crippen molar-refractivity contribution in [2.24, 2.45) is 10.7 Å². The van der Waals surface area contributed by atoms with Crippen LogP contribution in [0.2, 0.25) is 0 Å². The molecule has 0 unspecified atom stereocenters. The summed E-state index contributed by atoms with van der Waals surface area (Å²) in [6.07, 6.45) is -4.71. The molecule has 25 heavy (non-hydrogen) atoms. The number of nitrogens with zero attached hydrogens (tertiary/aromatic N) is 1. The van der Waals surface area contributed by atoms with E-state index in [0.717, 1.165) is 11.1 Å². The van der Waals surface area contributed by atoms with E-state index in [9.17, 15) is 18.3 Å². The summed E-state index contributed by atoms with van der Waals surface area (Å²) in [5, 5.41) is 12.2. The van der Waals surface area contributed by atoms with Crippen LogP contribution < -0.4 is 15.8 Å². The number of benzene rings is 2. The molecule has 0 saturated heterocycles. The van der Waals surface area contributed by atoms with E-state index in [1.807, 2.05) is 24.3 Å². The molecule has 4 N–H and O–H groups in total. The van der Waals surface area contributed by atoms with E-state index in [4.69, 9.17) is 5.73 Å². The van der Waals surface area contributed by atoms with Gasteiger partial charge in [0.2, 0.25) is 0 Å². The van der Waals surface area contributed by atoms with Crippen LogP contribution in [0.25, 0.3) is 0 Å². The number of rotatable bonds is 6. The van der Waals surface area contributed by atoms with Crippen LogP contribution in [0.5, 0.6) is 5.75 Å². The maximum atomic E-state index is 12.1. The molecule has 0 aliphatic heterocycles. The van der Waals surface area contributed by atoms with Crippen molar-refractivity contribution in [2.75, 3.05) is 0 Å². The second kappa shape index (κ2) is 8.39. The molecule has 134 valence electrons. The van der Waals surface area contributed by atoms with Crippen LogP contribution in [0, 0.1) is 0 Å². The number of aliphatic hydroxyl groups excluding tert-OH is 1. The SMILES string of the molecule is NC(=NCc1ccc(OC(F)(F)F)cc1)NCc1ccccc1CO. The highest BCUT2D eigenvalue weighted by molar-refractivity contribution is 5.77. The Hall–Kier alpha value is -2.74. The molecule has 5 nitrogen and oxygen atoms in total. The molecule has 0 radical (unpaired) electrons. The van der Waals surface area contributed by atoms with Crippen LogP contribution in [0.1, 0.15) is 16.7 Å². The highest BCUT2D eigenvalue weighted by Gasteiger charge is 2.30. The van der Waals surface area contributed by atoms with Crippen molar-refractivity contribution < 1.29 is 23.0 Å². The van der Waals surface area contributed by atoms with Crippen LogP contribution in [0.4, 0.5) is 13.2 Å². The molecule has 2 aromatic carbocycles. The van der Waals surface area contributed by atoms with E-state index < -0.39 is 6.36 Å². The zero-order chi connectivity index (χ0) is 18.3. The van der Waals surface area contributed by atoms with E-state index in [1.54, 1.807) is 0 Å². The van der Waals surface area contributed by atoms with Crippen molar-refractivity contribution in [1.29, 1.82) is 0 Å². The van der Waals surface area contributed by atoms with Gasteiger partial charge in [-0.2, -0.15) is 0 Å². The Morgan fingerprint density at radius 2 is 1.72 bits per heavy atom. The number of nitrogens with one attached hydrogen (secondary N) is 1. The fraction of sp³-hybridized carbons (Fsp3) is 0.235. The normalized spacial score (nSPS) is 12.1. The second-order valence-electron chi connectivity index (χ2n) is 5.17. The minimum Gasteiger partial charge on any atom is -0.406 e. The van der Waals surface area contributed by atoms with Gasteiger partial charge in [0.05, 0.1) is 13.2 Å². The molecule has 0 amide bonds. The van der Waals surface area contributed by atoms with Crippen LogP contribution in [-0.4, -0.2) is 17.4 Å². The number of ether oxygens (including phenoxy) is 1. The lowest BCUT2D eigenvalue weighted by Gasteiger charge is -2.10. The summed E-state index contributed by atoms with van der Waals surface area (Å²) in [5.74, 6) is -0.0877. The van der Waals surface area contributed by atoms with Gasteiger partial charge in [-0.15, -0.1) is 13.2 Å². The number of guanidine groups is 1. The molecule has 8 heteroatoms. The van der Waals surface area contributed by atoms with E-state index in [0.29, 0.717) is 12.1 Å². The average molecular weight is 353 g/mol. The molecule has 0 heterocycles. The molecule has 0 bridgehead atoms. The molecule has 0 aliphatic rings. The average Bonchev–Trinajstić information content (AvgIpc) is 2.58. The smallest absolute Gasteiger partial charge is 0.406 e. The van der Waals surface area contributed by atoms with Gasteiger partial charge in [0.15, 0.2) is 5.96 Å². The van der Waals surface area contributed by atoms with Gasteiger partial charge in [-0.1, -0.05) is 36.4 Å². The summed E-state index contributed by atoms with van der Waals surface area (Å²) in [6.45, 7) is 0.554. The monoisotopic (exact) mass is 353 g/mol. The van der Waals surface area contributed by atoms with Crippen LogP contribution in [0.3, 0.4) is 0 Å². The maximum Gasteiger partial charge on any atom is 0.573 e. The lowest BCUT2D eigenvalue weighted by Crippen LogP contribution is -2.31. The van der Waals surface area contributed by atoms with E-state index in [-0.39, 0.29) is 24.9 Å². The Labute approximate surface area is 143 Å². The van der Waals surface area contributed by atoms with Gasteiger partial charge >= 0.3 is 6.36 Å². The van der Waals surface area contributed by atoms with E-state index in [2.05, 4.69) is 15.0 Å². The van der Waals surface area contributed by atoms with Crippen LogP contribution in [-0.2, 0) is 19.7 Å². The lowest BCUT2D eigenvalue weighted by atomic mass is 10.1. The van der Waals surface area contributed by atoms with Gasteiger partial charge in [0, 0.05) is 6.54 Å². The molecule has 0 aliphatic carbocycles. The quantitative estimate of drug-likeness (QED) is 0.551. The maximum absolute atomic E-state index is 12.1. The summed E-state index contributed by atoms with van der Waals surface area (Å²) in [5.41, 5.74) is 8.16. The Morgan fingerprint density at radius 3 is 2.32 bits per heavy atom. The Balaban J connectivity index is 1.88. The zero-order valence-corrected chi connectivity index (χ0v) is 13.3. The Kier molecular flexibility index (Phi) is 6.24. The van der Waals surface area contributed by atoms with E-state index in [1.165, 1.54) is 24.3 Å². The standard InChI is InChI=1S/C17H18F3N3O2/c18-17(19,20)25-15-7-5-12(6-8-15)9-22-16(21)23-10-13-3-1-2-4-14(13)11-24/h1-8,24H,9-11H2,(H3,21,22,23). The van der Waals surface area contributed by atoms with Gasteiger partial charge in [-0.25, -0.2) is 4.99 Å². The summed E-state index contributed by atoms with van der Waals surface area (Å²) in [4.78, 5) is 4.13. The second-order valence-corrected chi connectivity index (χ2v) is 5.17. The highest BCUT2D eigenvalue weighted by atomic mass is 19.4. The third-order valence-electron chi connectivity index (χ3n) is 3.34. The summed E-state index contributed by atoms with van der Waals surface area (Å²) in [7, 11) is 0. The highest BCUT2D eigenvalue weighted by Crippen LogP contribution is 2.22. The minimum atomic E-state index is -4.71. The third-order valence-corrected chi connectivity index (χ3v) is 3.34. The Morgan fingerprint density at radius 1 is 1.08 bits per heavy atom. The molecule has 0 aromatic heterocycles. The van der Waals surface area contributed by atoms with Crippen molar-refractivity contribution in [3.8, 4) is 5.75 Å². The first kappa shape index (κ1) is 18.6. The number of hydrogen-bond donors (Lipinski definition) is 3. The molecule has 0 atom stereocenters. The predicted molar refractivity (Wildman–Crippen MR) is 87.7 cm³/mol. The zero-order valence-electron chi connectivity index (χ0n) is 13.3. The van der Waals surface area contributed by atoms with Crippen molar-refractivity contribution in [1.82, 2.24) is 5.32 Å². The minimum absolute atomic E-state index is 0.0682. The molecule has 0 saturated carbocycles. The number of alkyl halides is 3. The predicted octanol–water partition coefficient (Wildman–Crippen LogP) is 2.68. The topological polar surface area (TPSA) is 79.9 Å². The fourth-order valence-corrected chi connectivity index (χ4v) is 2.10. The van der Waals surface area contributed by atoms with Crippen molar-refractivity contribution in [2.45, 2.75) is 26.1 Å². The lowest BCUT2D eigenvalue weighted by molar-refractivity contribution is -0.274. The fourth-order valence-electron chi connectivity index (χ4n) is 2.10. The number of nitrogens with two attached hydrogens (primary N) is 1. The third kappa shape index (κ3) is 6.34. The first-order valence-corrected chi connectivity index (χ1v) is 7.43. The summed E-state index contributed by atoms with van der Waals surface area (Å²) in [6, 6.07) is 12.8. The largest absolute Gasteiger partial charge is 0.573 e. The number of halogens is 3. The van der Waals surface area contributed by atoms with Gasteiger partial charge in [0.1, 0.15) is 5.75 Å². The molecule has 2 rings (SSSR count). The van der Waals surface area contributed by atoms with Gasteiger partial charge in [0.25, 0.3) is 0 Å². The van der Waals surface area contributed by atoms with Gasteiger partial charge < -0.3 is 20.9 Å². The number of aliphatic hydroxyl groups is 1. The van der Waals surface area contributed by atoms with Gasteiger partial charge in [-0.05, 0) is 28.8 Å². The van der Waals surface area contributed by atoms with Crippen molar-refractivity contribution in [3.63, 3.8) is 0 Å². The van der Waals surface area contributed by atoms with Crippen molar-refractivity contribution in [3.05, 3.63) is 65.2 Å². The Bertz CT molecular complexity index is 716.